The highest BCUT2D eigenvalue weighted by Crippen LogP contribution is 2.30. The molecule has 0 bridgehead atoms. The second kappa shape index (κ2) is 5.09. The average Bonchev–Trinajstić information content (AvgIpc) is 3.01. The quantitative estimate of drug-likeness (QED) is 0.825. The van der Waals surface area contributed by atoms with Crippen molar-refractivity contribution < 1.29 is 9.52 Å². The summed E-state index contributed by atoms with van der Waals surface area (Å²) >= 11 is 0. The van der Waals surface area contributed by atoms with Gasteiger partial charge in [0, 0.05) is 30.9 Å². The maximum atomic E-state index is 8.96. The van der Waals surface area contributed by atoms with Crippen LogP contribution in [0, 0.1) is 0 Å². The summed E-state index contributed by atoms with van der Waals surface area (Å²) in [5, 5.41) is 8.96. The number of aliphatic hydroxyl groups is 1. The second-order valence-corrected chi connectivity index (χ2v) is 5.08. The molecular formula is C14H19N3O2. The lowest BCUT2D eigenvalue weighted by atomic mass is 10.1. The molecule has 5 nitrogen and oxygen atoms in total. The number of anilines is 2. The fraction of sp³-hybridized carbons (Fsp3) is 0.500. The molecule has 0 amide bonds. The zero-order chi connectivity index (χ0) is 13.2. The Balaban J connectivity index is 1.86. The van der Waals surface area contributed by atoms with E-state index >= 15 is 0 Å². The van der Waals surface area contributed by atoms with Crippen molar-refractivity contribution >= 4 is 22.8 Å². The molecule has 1 aliphatic rings. The van der Waals surface area contributed by atoms with Crippen LogP contribution in [0.25, 0.3) is 11.1 Å². The van der Waals surface area contributed by atoms with Crippen LogP contribution in [0.3, 0.4) is 0 Å². The first-order valence-corrected chi connectivity index (χ1v) is 6.81. The van der Waals surface area contributed by atoms with Crippen LogP contribution in [0.5, 0.6) is 0 Å². The molecule has 0 spiro atoms. The monoisotopic (exact) mass is 261 g/mol. The molecule has 3 rings (SSSR count). The van der Waals surface area contributed by atoms with Crippen LogP contribution in [0.15, 0.2) is 22.6 Å². The Hall–Kier alpha value is -1.75. The molecule has 3 N–H and O–H groups in total. The third-order valence-electron chi connectivity index (χ3n) is 3.72. The molecule has 1 unspecified atom stereocenters. The molecule has 1 aliphatic heterocycles. The van der Waals surface area contributed by atoms with Crippen LogP contribution in [-0.4, -0.2) is 29.3 Å². The lowest BCUT2D eigenvalue weighted by Gasteiger charge is -2.22. The minimum Gasteiger partial charge on any atom is -0.423 e. The summed E-state index contributed by atoms with van der Waals surface area (Å²) in [5.74, 6) is 0. The Bertz CT molecular complexity index is 567. The average molecular weight is 261 g/mol. The van der Waals surface area contributed by atoms with Gasteiger partial charge in [0.15, 0.2) is 5.58 Å². The summed E-state index contributed by atoms with van der Waals surface area (Å²) in [6.07, 6.45) is 4.10. The molecule has 5 heteroatoms. The number of aromatic nitrogens is 1. The van der Waals surface area contributed by atoms with E-state index in [1.54, 1.807) is 0 Å². The summed E-state index contributed by atoms with van der Waals surface area (Å²) in [7, 11) is 0. The van der Waals surface area contributed by atoms with Crippen LogP contribution in [-0.2, 0) is 0 Å². The topological polar surface area (TPSA) is 75.5 Å². The Labute approximate surface area is 112 Å². The van der Waals surface area contributed by atoms with E-state index in [4.69, 9.17) is 15.3 Å². The summed E-state index contributed by atoms with van der Waals surface area (Å²) in [6.45, 7) is 1.22. The summed E-state index contributed by atoms with van der Waals surface area (Å²) in [5.41, 5.74) is 8.02. The molecule has 1 saturated heterocycles. The van der Waals surface area contributed by atoms with Gasteiger partial charge in [0.05, 0.1) is 0 Å². The fourth-order valence-corrected chi connectivity index (χ4v) is 2.77. The van der Waals surface area contributed by atoms with E-state index in [-0.39, 0.29) is 6.61 Å². The molecule has 1 aromatic heterocycles. The second-order valence-electron chi connectivity index (χ2n) is 5.08. The first kappa shape index (κ1) is 12.3. The predicted molar refractivity (Wildman–Crippen MR) is 75.1 cm³/mol. The number of hydrogen-bond donors (Lipinski definition) is 2. The number of nitrogen functional groups attached to an aromatic ring is 1. The van der Waals surface area contributed by atoms with Gasteiger partial charge in [0.1, 0.15) is 5.52 Å². The van der Waals surface area contributed by atoms with Crippen molar-refractivity contribution in [3.05, 3.63) is 18.2 Å². The first-order valence-electron chi connectivity index (χ1n) is 6.81. The van der Waals surface area contributed by atoms with E-state index in [9.17, 15) is 0 Å². The standard InChI is InChI=1S/C14H19N3O2/c15-10-5-6-12-13(9-10)19-14(16-12)17-7-1-3-11(17)4-2-8-18/h5-6,9,11,18H,1-4,7-8,15H2. The van der Waals surface area contributed by atoms with E-state index in [1.165, 1.54) is 0 Å². The third kappa shape index (κ3) is 2.38. The van der Waals surface area contributed by atoms with Gasteiger partial charge < -0.3 is 20.2 Å². The molecule has 1 atom stereocenters. The number of hydrogen-bond acceptors (Lipinski definition) is 5. The van der Waals surface area contributed by atoms with Crippen LogP contribution in [0.1, 0.15) is 25.7 Å². The molecule has 19 heavy (non-hydrogen) atoms. The highest BCUT2D eigenvalue weighted by molar-refractivity contribution is 5.78. The Morgan fingerprint density at radius 3 is 3.21 bits per heavy atom. The smallest absolute Gasteiger partial charge is 0.298 e. The number of rotatable bonds is 4. The van der Waals surface area contributed by atoms with Gasteiger partial charge in [-0.1, -0.05) is 0 Å². The van der Waals surface area contributed by atoms with Gasteiger partial charge in [0.2, 0.25) is 0 Å². The number of nitrogens with zero attached hydrogens (tertiary/aromatic N) is 2. The lowest BCUT2D eigenvalue weighted by Crippen LogP contribution is -2.29. The fourth-order valence-electron chi connectivity index (χ4n) is 2.77. The maximum absolute atomic E-state index is 8.96. The maximum Gasteiger partial charge on any atom is 0.298 e. The van der Waals surface area contributed by atoms with Crippen LogP contribution in [0.4, 0.5) is 11.7 Å². The largest absolute Gasteiger partial charge is 0.423 e. The van der Waals surface area contributed by atoms with Crippen LogP contribution < -0.4 is 10.6 Å². The van der Waals surface area contributed by atoms with Crippen LogP contribution in [0.2, 0.25) is 0 Å². The molecular weight excluding hydrogens is 242 g/mol. The number of nitrogens with two attached hydrogens (primary N) is 1. The third-order valence-corrected chi connectivity index (χ3v) is 3.72. The number of fused-ring (bicyclic) bond motifs is 1. The van der Waals surface area contributed by atoms with Gasteiger partial charge in [-0.2, -0.15) is 4.98 Å². The van der Waals surface area contributed by atoms with E-state index in [1.807, 2.05) is 18.2 Å². The first-order chi connectivity index (χ1) is 9.28. The highest BCUT2D eigenvalue weighted by Gasteiger charge is 2.27. The van der Waals surface area contributed by atoms with Gasteiger partial charge in [0.25, 0.3) is 6.01 Å². The van der Waals surface area contributed by atoms with Gasteiger partial charge in [-0.25, -0.2) is 0 Å². The highest BCUT2D eigenvalue weighted by atomic mass is 16.4. The van der Waals surface area contributed by atoms with Gasteiger partial charge >= 0.3 is 0 Å². The van der Waals surface area contributed by atoms with Gasteiger partial charge in [-0.05, 0) is 37.8 Å². The summed E-state index contributed by atoms with van der Waals surface area (Å²) < 4.78 is 5.82. The molecule has 0 aliphatic carbocycles. The molecule has 1 aromatic carbocycles. The number of oxazole rings is 1. The molecule has 0 saturated carbocycles. The van der Waals surface area contributed by atoms with Crippen molar-refractivity contribution in [1.82, 2.24) is 4.98 Å². The van der Waals surface area contributed by atoms with Crippen molar-refractivity contribution in [1.29, 1.82) is 0 Å². The molecule has 2 aromatic rings. The lowest BCUT2D eigenvalue weighted by molar-refractivity contribution is 0.279. The summed E-state index contributed by atoms with van der Waals surface area (Å²) in [4.78, 5) is 6.75. The van der Waals surface area contributed by atoms with Crippen molar-refractivity contribution in [2.24, 2.45) is 0 Å². The number of benzene rings is 1. The zero-order valence-electron chi connectivity index (χ0n) is 10.9. The minimum atomic E-state index is 0.244. The Morgan fingerprint density at radius 1 is 1.47 bits per heavy atom. The Kier molecular flexibility index (Phi) is 3.29. The minimum absolute atomic E-state index is 0.244. The predicted octanol–water partition coefficient (Wildman–Crippen LogP) is 2.15. The van der Waals surface area contributed by atoms with Crippen molar-refractivity contribution in [2.45, 2.75) is 31.7 Å². The van der Waals surface area contributed by atoms with E-state index < -0.39 is 0 Å². The molecule has 0 radical (unpaired) electrons. The van der Waals surface area contributed by atoms with Crippen molar-refractivity contribution in [2.75, 3.05) is 23.8 Å². The number of aliphatic hydroxyl groups excluding tert-OH is 1. The Morgan fingerprint density at radius 2 is 2.37 bits per heavy atom. The SMILES string of the molecule is Nc1ccc2nc(N3CCCC3CCCO)oc2c1. The van der Waals surface area contributed by atoms with Crippen molar-refractivity contribution in [3.63, 3.8) is 0 Å². The molecule has 2 heterocycles. The van der Waals surface area contributed by atoms with Gasteiger partial charge in [-0.3, -0.25) is 0 Å². The van der Waals surface area contributed by atoms with Crippen molar-refractivity contribution in [3.8, 4) is 0 Å². The summed E-state index contributed by atoms with van der Waals surface area (Å²) in [6, 6.07) is 6.64. The molecule has 1 fully saturated rings. The van der Waals surface area contributed by atoms with E-state index in [0.717, 1.165) is 43.3 Å². The van der Waals surface area contributed by atoms with Gasteiger partial charge in [-0.15, -0.1) is 0 Å². The van der Waals surface area contributed by atoms with E-state index in [0.29, 0.717) is 17.7 Å². The normalized spacial score (nSPS) is 19.4. The molecule has 102 valence electrons. The van der Waals surface area contributed by atoms with E-state index in [2.05, 4.69) is 9.88 Å². The van der Waals surface area contributed by atoms with Crippen LogP contribution >= 0.6 is 0 Å². The zero-order valence-corrected chi connectivity index (χ0v) is 10.9.